The maximum Gasteiger partial charge on any atom is 0.116 e. The van der Waals surface area contributed by atoms with Crippen LogP contribution in [-0.2, 0) is 4.74 Å². The molecule has 1 rings (SSSR count). The lowest BCUT2D eigenvalue weighted by Crippen LogP contribution is -2.24. The molecule has 3 heteroatoms. The van der Waals surface area contributed by atoms with Gasteiger partial charge in [-0.25, -0.2) is 0 Å². The quantitative estimate of drug-likeness (QED) is 0.609. The van der Waals surface area contributed by atoms with Crippen molar-refractivity contribution in [3.63, 3.8) is 0 Å². The summed E-state index contributed by atoms with van der Waals surface area (Å²) >= 11 is 0. The Balaban J connectivity index is 1.89. The Morgan fingerprint density at radius 2 is 2.40 bits per heavy atom. The molecule has 2 N–H and O–H groups in total. The molecule has 3 nitrogen and oxygen atoms in total. The lowest BCUT2D eigenvalue weighted by atomic mass is 10.4. The summed E-state index contributed by atoms with van der Waals surface area (Å²) in [5.74, 6) is 0.755. The maximum atomic E-state index is 8.26. The van der Waals surface area contributed by atoms with Crippen LogP contribution in [0.1, 0.15) is 12.8 Å². The van der Waals surface area contributed by atoms with Crippen molar-refractivity contribution in [1.82, 2.24) is 0 Å². The molecule has 1 saturated carbocycles. The molecule has 0 aromatic carbocycles. The first-order valence-corrected chi connectivity index (χ1v) is 3.56. The van der Waals surface area contributed by atoms with Crippen LogP contribution in [0.15, 0.2) is 0 Å². The summed E-state index contributed by atoms with van der Waals surface area (Å²) in [5.41, 5.74) is 5.29. The molecular formula is C7H12N2O. The van der Waals surface area contributed by atoms with Crippen molar-refractivity contribution >= 4 is 0 Å². The molecule has 56 valence electrons. The summed E-state index contributed by atoms with van der Waals surface area (Å²) < 4.78 is 5.16. The molecule has 1 fully saturated rings. The van der Waals surface area contributed by atoms with E-state index < -0.39 is 6.04 Å². The molecule has 0 radical (unpaired) electrons. The Morgan fingerprint density at radius 1 is 1.70 bits per heavy atom. The second kappa shape index (κ2) is 3.55. The molecule has 0 bridgehead atoms. The van der Waals surface area contributed by atoms with Crippen LogP contribution < -0.4 is 5.73 Å². The van der Waals surface area contributed by atoms with Crippen LogP contribution in [0.4, 0.5) is 0 Å². The fraction of sp³-hybridized carbons (Fsp3) is 0.857. The largest absolute Gasteiger partial charge is 0.378 e. The van der Waals surface area contributed by atoms with E-state index >= 15 is 0 Å². The molecule has 0 spiro atoms. The summed E-state index contributed by atoms with van der Waals surface area (Å²) in [6.07, 6.45) is 2.56. The number of nitrogens with zero attached hydrogens (tertiary/aromatic N) is 1. The van der Waals surface area contributed by atoms with E-state index in [4.69, 9.17) is 15.7 Å². The molecule has 1 aliphatic carbocycles. The number of nitrogens with two attached hydrogens (primary N) is 1. The molecule has 0 aromatic heterocycles. The highest BCUT2D eigenvalue weighted by Gasteiger charge is 2.21. The van der Waals surface area contributed by atoms with Crippen LogP contribution in [0.3, 0.4) is 0 Å². The number of rotatable bonds is 4. The molecular weight excluding hydrogens is 128 g/mol. The van der Waals surface area contributed by atoms with Gasteiger partial charge in [0.1, 0.15) is 6.04 Å². The zero-order valence-corrected chi connectivity index (χ0v) is 5.92. The van der Waals surface area contributed by atoms with E-state index in [1.54, 1.807) is 0 Å². The molecule has 1 aliphatic rings. The average Bonchev–Trinajstić information content (AvgIpc) is 2.71. The third kappa shape index (κ3) is 2.81. The van der Waals surface area contributed by atoms with E-state index in [0.29, 0.717) is 6.61 Å². The van der Waals surface area contributed by atoms with Crippen LogP contribution in [0.25, 0.3) is 0 Å². The van der Waals surface area contributed by atoms with Crippen LogP contribution in [0.2, 0.25) is 0 Å². The van der Waals surface area contributed by atoms with Gasteiger partial charge < -0.3 is 10.5 Å². The van der Waals surface area contributed by atoms with E-state index in [1.165, 1.54) is 12.8 Å². The zero-order chi connectivity index (χ0) is 7.40. The van der Waals surface area contributed by atoms with Gasteiger partial charge in [-0.05, 0) is 18.8 Å². The standard InChI is InChI=1S/C7H12N2O/c8-3-7(9)5-10-4-6-1-2-6/h6-7H,1-2,4-5,9H2. The van der Waals surface area contributed by atoms with Crippen LogP contribution in [0, 0.1) is 17.2 Å². The number of hydrogen-bond acceptors (Lipinski definition) is 3. The Hall–Kier alpha value is -0.590. The van der Waals surface area contributed by atoms with Gasteiger partial charge in [0, 0.05) is 6.61 Å². The summed E-state index contributed by atoms with van der Waals surface area (Å²) in [6.45, 7) is 1.17. The van der Waals surface area contributed by atoms with Gasteiger partial charge in [0.05, 0.1) is 12.7 Å². The van der Waals surface area contributed by atoms with Crippen molar-refractivity contribution < 1.29 is 4.74 Å². The fourth-order valence-corrected chi connectivity index (χ4v) is 0.683. The topological polar surface area (TPSA) is 59.0 Å². The SMILES string of the molecule is N#CC(N)COCC1CC1. The molecule has 0 aliphatic heterocycles. The van der Waals surface area contributed by atoms with Gasteiger partial charge >= 0.3 is 0 Å². The monoisotopic (exact) mass is 140 g/mol. The minimum absolute atomic E-state index is 0.382. The molecule has 1 unspecified atom stereocenters. The second-order valence-corrected chi connectivity index (χ2v) is 2.72. The van der Waals surface area contributed by atoms with Gasteiger partial charge in [0.2, 0.25) is 0 Å². The first-order valence-electron chi connectivity index (χ1n) is 3.56. The van der Waals surface area contributed by atoms with Crippen LogP contribution in [-0.4, -0.2) is 19.3 Å². The van der Waals surface area contributed by atoms with E-state index in [-0.39, 0.29) is 0 Å². The van der Waals surface area contributed by atoms with Gasteiger partial charge in [-0.15, -0.1) is 0 Å². The molecule has 0 saturated heterocycles. The average molecular weight is 140 g/mol. The third-order valence-electron chi connectivity index (χ3n) is 1.51. The number of nitriles is 1. The third-order valence-corrected chi connectivity index (χ3v) is 1.51. The first-order chi connectivity index (χ1) is 4.83. The minimum Gasteiger partial charge on any atom is -0.378 e. The van der Waals surface area contributed by atoms with E-state index in [1.807, 2.05) is 6.07 Å². The van der Waals surface area contributed by atoms with Crippen molar-refractivity contribution in [2.45, 2.75) is 18.9 Å². The van der Waals surface area contributed by atoms with Crippen molar-refractivity contribution in [3.05, 3.63) is 0 Å². The number of hydrogen-bond donors (Lipinski definition) is 1. The van der Waals surface area contributed by atoms with Crippen LogP contribution >= 0.6 is 0 Å². The number of ether oxygens (including phenoxy) is 1. The van der Waals surface area contributed by atoms with Crippen LogP contribution in [0.5, 0.6) is 0 Å². The predicted octanol–water partition coefficient (Wildman–Crippen LogP) is 0.264. The molecule has 10 heavy (non-hydrogen) atoms. The van der Waals surface area contributed by atoms with Gasteiger partial charge in [-0.1, -0.05) is 0 Å². The molecule has 0 amide bonds. The minimum atomic E-state index is -0.446. The Bertz CT molecular complexity index is 137. The highest BCUT2D eigenvalue weighted by molar-refractivity contribution is 4.86. The second-order valence-electron chi connectivity index (χ2n) is 2.72. The highest BCUT2D eigenvalue weighted by Crippen LogP contribution is 2.28. The molecule has 0 heterocycles. The maximum absolute atomic E-state index is 8.26. The fourth-order valence-electron chi connectivity index (χ4n) is 0.683. The zero-order valence-electron chi connectivity index (χ0n) is 5.92. The predicted molar refractivity (Wildman–Crippen MR) is 37.1 cm³/mol. The summed E-state index contributed by atoms with van der Waals surface area (Å²) in [7, 11) is 0. The van der Waals surface area contributed by atoms with Gasteiger partial charge in [-0.3, -0.25) is 0 Å². The molecule has 0 aromatic rings. The highest BCUT2D eigenvalue weighted by atomic mass is 16.5. The first kappa shape index (κ1) is 7.52. The lowest BCUT2D eigenvalue weighted by molar-refractivity contribution is 0.121. The smallest absolute Gasteiger partial charge is 0.116 e. The van der Waals surface area contributed by atoms with Crippen molar-refractivity contribution in [2.24, 2.45) is 11.7 Å². The Kier molecular flexibility index (Phi) is 2.67. The Labute approximate surface area is 60.8 Å². The Morgan fingerprint density at radius 3 is 2.90 bits per heavy atom. The van der Waals surface area contributed by atoms with Gasteiger partial charge in [0.25, 0.3) is 0 Å². The van der Waals surface area contributed by atoms with Crippen molar-refractivity contribution in [2.75, 3.05) is 13.2 Å². The summed E-state index contributed by atoms with van der Waals surface area (Å²) in [4.78, 5) is 0. The molecule has 1 atom stereocenters. The summed E-state index contributed by atoms with van der Waals surface area (Å²) in [5, 5.41) is 8.26. The van der Waals surface area contributed by atoms with E-state index in [0.717, 1.165) is 12.5 Å². The van der Waals surface area contributed by atoms with Crippen molar-refractivity contribution in [1.29, 1.82) is 5.26 Å². The normalized spacial score (nSPS) is 20.0. The van der Waals surface area contributed by atoms with Gasteiger partial charge in [0.15, 0.2) is 0 Å². The van der Waals surface area contributed by atoms with Crippen molar-refractivity contribution in [3.8, 4) is 6.07 Å². The van der Waals surface area contributed by atoms with Gasteiger partial charge in [-0.2, -0.15) is 5.26 Å². The van der Waals surface area contributed by atoms with E-state index in [9.17, 15) is 0 Å². The lowest BCUT2D eigenvalue weighted by Gasteiger charge is -2.02. The van der Waals surface area contributed by atoms with E-state index in [2.05, 4.69) is 0 Å². The summed E-state index contributed by atoms with van der Waals surface area (Å²) in [6, 6.07) is 1.47.